The molecule has 22 heavy (non-hydrogen) atoms. The lowest BCUT2D eigenvalue weighted by atomic mass is 9.99. The summed E-state index contributed by atoms with van der Waals surface area (Å²) in [5.74, 6) is -1.65. The van der Waals surface area contributed by atoms with Gasteiger partial charge in [-0.15, -0.1) is 0 Å². The molecule has 0 saturated carbocycles. The fraction of sp³-hybridized carbons (Fsp3) is 0.600. The molecular weight excluding hydrogens is 312 g/mol. The van der Waals surface area contributed by atoms with Gasteiger partial charge < -0.3 is 4.74 Å². The molecule has 0 radical (unpaired) electrons. The molecule has 1 saturated heterocycles. The van der Waals surface area contributed by atoms with Crippen molar-refractivity contribution in [1.82, 2.24) is 4.31 Å². The van der Waals surface area contributed by atoms with Crippen LogP contribution in [0.5, 0.6) is 0 Å². The van der Waals surface area contributed by atoms with Crippen molar-refractivity contribution in [2.75, 3.05) is 26.0 Å². The normalized spacial score (nSPS) is 21.2. The third-order valence-electron chi connectivity index (χ3n) is 4.00. The number of rotatable bonds is 6. The number of hydrogen-bond acceptors (Lipinski definition) is 3. The molecule has 2 rings (SSSR count). The van der Waals surface area contributed by atoms with Crippen LogP contribution in [0.1, 0.15) is 18.9 Å². The van der Waals surface area contributed by atoms with E-state index in [2.05, 4.69) is 0 Å². The second-order valence-corrected chi connectivity index (χ2v) is 7.80. The molecule has 124 valence electrons. The molecule has 0 spiro atoms. The number of ether oxygens (including phenoxy) is 1. The van der Waals surface area contributed by atoms with Gasteiger partial charge in [-0.1, -0.05) is 6.07 Å². The first kappa shape index (κ1) is 17.3. The van der Waals surface area contributed by atoms with Gasteiger partial charge in [0.1, 0.15) is 0 Å². The molecule has 7 heteroatoms. The van der Waals surface area contributed by atoms with Crippen molar-refractivity contribution >= 4 is 10.0 Å². The van der Waals surface area contributed by atoms with Crippen molar-refractivity contribution < 1.29 is 21.9 Å². The summed E-state index contributed by atoms with van der Waals surface area (Å²) in [7, 11) is -1.85. The van der Waals surface area contributed by atoms with E-state index in [0.29, 0.717) is 25.1 Å². The number of methoxy groups -OCH3 is 1. The van der Waals surface area contributed by atoms with Crippen LogP contribution in [0, 0.1) is 17.6 Å². The van der Waals surface area contributed by atoms with Crippen LogP contribution in [-0.2, 0) is 21.2 Å². The number of benzene rings is 1. The van der Waals surface area contributed by atoms with Gasteiger partial charge >= 0.3 is 0 Å². The summed E-state index contributed by atoms with van der Waals surface area (Å²) in [5, 5.41) is 0. The van der Waals surface area contributed by atoms with Crippen LogP contribution >= 0.6 is 0 Å². The van der Waals surface area contributed by atoms with Gasteiger partial charge in [-0.2, -0.15) is 0 Å². The van der Waals surface area contributed by atoms with Crippen molar-refractivity contribution in [1.29, 1.82) is 0 Å². The van der Waals surface area contributed by atoms with Crippen molar-refractivity contribution in [3.05, 3.63) is 35.4 Å². The van der Waals surface area contributed by atoms with E-state index >= 15 is 0 Å². The summed E-state index contributed by atoms with van der Waals surface area (Å²) < 4.78 is 57.1. The first-order valence-electron chi connectivity index (χ1n) is 7.26. The minimum absolute atomic E-state index is 0.0403. The minimum atomic E-state index is -3.34. The molecule has 2 atom stereocenters. The maximum Gasteiger partial charge on any atom is 0.216 e. The number of halogens is 2. The first-order valence-corrected chi connectivity index (χ1v) is 8.87. The van der Waals surface area contributed by atoms with Crippen LogP contribution in [0.25, 0.3) is 0 Å². The van der Waals surface area contributed by atoms with Gasteiger partial charge in [0, 0.05) is 20.2 Å². The van der Waals surface area contributed by atoms with Gasteiger partial charge in [-0.05, 0) is 43.4 Å². The lowest BCUT2D eigenvalue weighted by Crippen LogP contribution is -2.35. The second kappa shape index (κ2) is 7.02. The van der Waals surface area contributed by atoms with E-state index in [4.69, 9.17) is 4.74 Å². The second-order valence-electron chi connectivity index (χ2n) is 5.79. The van der Waals surface area contributed by atoms with E-state index in [1.165, 1.54) is 17.5 Å². The van der Waals surface area contributed by atoms with Crippen LogP contribution in [-0.4, -0.2) is 44.8 Å². The highest BCUT2D eigenvalue weighted by Gasteiger charge is 2.32. The molecule has 0 amide bonds. The van der Waals surface area contributed by atoms with Crippen molar-refractivity contribution in [3.63, 3.8) is 0 Å². The molecule has 0 unspecified atom stereocenters. The highest BCUT2D eigenvalue weighted by atomic mass is 32.2. The fourth-order valence-corrected chi connectivity index (χ4v) is 4.45. The van der Waals surface area contributed by atoms with Gasteiger partial charge in [0.25, 0.3) is 0 Å². The predicted octanol–water partition coefficient (Wildman–Crippen LogP) is 2.19. The molecule has 1 aliphatic heterocycles. The van der Waals surface area contributed by atoms with E-state index in [1.807, 2.05) is 0 Å². The average molecular weight is 333 g/mol. The molecule has 0 bridgehead atoms. The topological polar surface area (TPSA) is 46.6 Å². The monoisotopic (exact) mass is 333 g/mol. The van der Waals surface area contributed by atoms with Crippen molar-refractivity contribution in [2.24, 2.45) is 5.92 Å². The maximum absolute atomic E-state index is 13.2. The summed E-state index contributed by atoms with van der Waals surface area (Å²) in [6.07, 6.45) is 0.915. The SMILES string of the molecule is CO[C@H](C)CS(=O)(=O)N1CC[C@H](Cc2ccc(F)c(F)c2)C1. The molecule has 1 aromatic rings. The van der Waals surface area contributed by atoms with Gasteiger partial charge in [0.05, 0.1) is 11.9 Å². The number of sulfonamides is 1. The van der Waals surface area contributed by atoms with Crippen LogP contribution in [0.3, 0.4) is 0 Å². The highest BCUT2D eigenvalue weighted by molar-refractivity contribution is 7.89. The lowest BCUT2D eigenvalue weighted by molar-refractivity contribution is 0.135. The van der Waals surface area contributed by atoms with E-state index < -0.39 is 21.7 Å². The van der Waals surface area contributed by atoms with E-state index in [1.54, 1.807) is 13.0 Å². The van der Waals surface area contributed by atoms with Gasteiger partial charge in [0.2, 0.25) is 10.0 Å². The number of nitrogens with zero attached hydrogens (tertiary/aromatic N) is 1. The molecule has 1 fully saturated rings. The Labute approximate surface area is 130 Å². The molecule has 1 aliphatic rings. The van der Waals surface area contributed by atoms with E-state index in [0.717, 1.165) is 12.5 Å². The van der Waals surface area contributed by atoms with E-state index in [9.17, 15) is 17.2 Å². The Morgan fingerprint density at radius 3 is 2.73 bits per heavy atom. The molecule has 0 aliphatic carbocycles. The van der Waals surface area contributed by atoms with Crippen molar-refractivity contribution in [2.45, 2.75) is 25.9 Å². The maximum atomic E-state index is 13.2. The third-order valence-corrected chi connectivity index (χ3v) is 6.01. The molecule has 1 aromatic carbocycles. The first-order chi connectivity index (χ1) is 10.3. The van der Waals surface area contributed by atoms with Crippen LogP contribution in [0.15, 0.2) is 18.2 Å². The van der Waals surface area contributed by atoms with E-state index in [-0.39, 0.29) is 17.8 Å². The summed E-state index contributed by atoms with van der Waals surface area (Å²) in [6.45, 7) is 2.59. The minimum Gasteiger partial charge on any atom is -0.381 e. The Balaban J connectivity index is 1.96. The van der Waals surface area contributed by atoms with Crippen LogP contribution in [0.4, 0.5) is 8.78 Å². The van der Waals surface area contributed by atoms with Gasteiger partial charge in [-0.3, -0.25) is 0 Å². The zero-order valence-electron chi connectivity index (χ0n) is 12.8. The summed E-state index contributed by atoms with van der Waals surface area (Å²) in [5.41, 5.74) is 0.688. The average Bonchev–Trinajstić information content (AvgIpc) is 2.92. The Morgan fingerprint density at radius 1 is 1.36 bits per heavy atom. The molecule has 0 aromatic heterocycles. The quantitative estimate of drug-likeness (QED) is 0.802. The summed E-state index contributed by atoms with van der Waals surface area (Å²) in [4.78, 5) is 0. The zero-order valence-corrected chi connectivity index (χ0v) is 13.6. The Kier molecular flexibility index (Phi) is 5.52. The predicted molar refractivity (Wildman–Crippen MR) is 80.0 cm³/mol. The smallest absolute Gasteiger partial charge is 0.216 e. The Hall–Kier alpha value is -1.05. The highest BCUT2D eigenvalue weighted by Crippen LogP contribution is 2.24. The molecule has 4 nitrogen and oxygen atoms in total. The molecule has 0 N–H and O–H groups in total. The summed E-state index contributed by atoms with van der Waals surface area (Å²) >= 11 is 0. The standard InChI is InChI=1S/C15H21F2NO3S/c1-11(21-2)10-22(19,20)18-6-5-13(9-18)7-12-3-4-14(16)15(17)8-12/h3-4,8,11,13H,5-7,9-10H2,1-2H3/t11-,13-/m1/s1. The summed E-state index contributed by atoms with van der Waals surface area (Å²) in [6, 6.07) is 3.83. The largest absolute Gasteiger partial charge is 0.381 e. The van der Waals surface area contributed by atoms with Gasteiger partial charge in [0.15, 0.2) is 11.6 Å². The zero-order chi connectivity index (χ0) is 16.3. The molecule has 1 heterocycles. The number of hydrogen-bond donors (Lipinski definition) is 0. The molecular formula is C15H21F2NO3S. The Bertz CT molecular complexity index is 621. The Morgan fingerprint density at radius 2 is 2.09 bits per heavy atom. The van der Waals surface area contributed by atoms with Crippen molar-refractivity contribution in [3.8, 4) is 0 Å². The third kappa shape index (κ3) is 4.24. The van der Waals surface area contributed by atoms with Crippen LogP contribution in [0.2, 0.25) is 0 Å². The lowest BCUT2D eigenvalue weighted by Gasteiger charge is -2.19. The fourth-order valence-electron chi connectivity index (χ4n) is 2.69. The van der Waals surface area contributed by atoms with Gasteiger partial charge in [-0.25, -0.2) is 21.5 Å². The van der Waals surface area contributed by atoms with Crippen LogP contribution < -0.4 is 0 Å².